The van der Waals surface area contributed by atoms with Gasteiger partial charge in [-0.3, -0.25) is 0 Å². The van der Waals surface area contributed by atoms with Crippen LogP contribution in [0, 0.1) is 11.3 Å². The summed E-state index contributed by atoms with van der Waals surface area (Å²) < 4.78 is 7.04. The van der Waals surface area contributed by atoms with Crippen LogP contribution in [-0.2, 0) is 17.0 Å². The number of methoxy groups -OCH3 is 1. The molecule has 4 aromatic rings. The third-order valence-corrected chi connectivity index (χ3v) is 5.70. The van der Waals surface area contributed by atoms with E-state index in [1.807, 2.05) is 66.9 Å². The van der Waals surface area contributed by atoms with Crippen molar-refractivity contribution in [2.75, 3.05) is 13.4 Å². The normalized spacial score (nSPS) is 10.7. The van der Waals surface area contributed by atoms with Crippen molar-refractivity contribution in [1.82, 2.24) is 9.55 Å². The maximum atomic E-state index is 12.4. The van der Waals surface area contributed by atoms with Gasteiger partial charge in [-0.2, -0.15) is 17.0 Å². The second kappa shape index (κ2) is 9.07. The summed E-state index contributed by atoms with van der Waals surface area (Å²) in [5.41, 5.74) is 5.50. The molecule has 154 valence electrons. The molecule has 0 aliphatic carbocycles. The largest absolute Gasteiger partial charge is 0.465 e. The first kappa shape index (κ1) is 20.7. The van der Waals surface area contributed by atoms with Crippen molar-refractivity contribution in [3.8, 4) is 17.2 Å². The zero-order valence-electron chi connectivity index (χ0n) is 17.3. The Morgan fingerprint density at radius 1 is 1.13 bits per heavy atom. The number of nitriles is 1. The lowest BCUT2D eigenvalue weighted by molar-refractivity contribution is 0.0602. The average molecular weight is 428 g/mol. The Kier molecular flexibility index (Phi) is 6.06. The monoisotopic (exact) mass is 427 g/mol. The zero-order valence-corrected chi connectivity index (χ0v) is 18.1. The minimum absolute atomic E-state index is 0.389. The van der Waals surface area contributed by atoms with Crippen molar-refractivity contribution in [2.45, 2.75) is 12.3 Å². The first-order chi connectivity index (χ1) is 15.2. The van der Waals surface area contributed by atoms with Gasteiger partial charge in [-0.1, -0.05) is 48.5 Å². The summed E-state index contributed by atoms with van der Waals surface area (Å²) >= 11 is 1.67. The number of fused-ring (bicyclic) bond motifs is 1. The summed E-state index contributed by atoms with van der Waals surface area (Å²) in [6.45, 7) is 0.504. The van der Waals surface area contributed by atoms with E-state index in [2.05, 4.69) is 10.6 Å². The van der Waals surface area contributed by atoms with Crippen LogP contribution in [0.15, 0.2) is 66.7 Å². The van der Waals surface area contributed by atoms with E-state index in [0.717, 1.165) is 33.5 Å². The van der Waals surface area contributed by atoms with E-state index in [1.54, 1.807) is 17.8 Å². The van der Waals surface area contributed by atoms with Crippen LogP contribution in [0.4, 0.5) is 0 Å². The van der Waals surface area contributed by atoms with E-state index in [0.29, 0.717) is 23.4 Å². The van der Waals surface area contributed by atoms with Gasteiger partial charge in [0, 0.05) is 6.54 Å². The molecule has 0 aliphatic rings. The first-order valence-corrected chi connectivity index (χ1v) is 11.2. The number of carbonyl (C=O) groups is 1. The van der Waals surface area contributed by atoms with Crippen LogP contribution in [0.5, 0.6) is 0 Å². The van der Waals surface area contributed by atoms with Crippen LogP contribution in [0.2, 0.25) is 0 Å². The summed E-state index contributed by atoms with van der Waals surface area (Å²) in [7, 11) is 1.38. The summed E-state index contributed by atoms with van der Waals surface area (Å²) in [4.78, 5) is 17.1. The van der Waals surface area contributed by atoms with Gasteiger partial charge in [-0.15, -0.1) is 0 Å². The standard InChI is InChI=1S/C25H21N3O2S/c1-30-25(29)21-9-6-10-22-24(21)28(23(27-22)16-31-2)15-17-11-12-20(19(13-17)14-26)18-7-4-3-5-8-18/h3-13H,15-16H2,1-2H3. The third kappa shape index (κ3) is 4.05. The van der Waals surface area contributed by atoms with Crippen molar-refractivity contribution < 1.29 is 9.53 Å². The smallest absolute Gasteiger partial charge is 0.340 e. The molecule has 0 fully saturated rings. The topological polar surface area (TPSA) is 67.9 Å². The maximum Gasteiger partial charge on any atom is 0.340 e. The van der Waals surface area contributed by atoms with Gasteiger partial charge in [0.05, 0.1) is 41.1 Å². The molecular weight excluding hydrogens is 406 g/mol. The number of para-hydroxylation sites is 1. The third-order valence-electron chi connectivity index (χ3n) is 5.15. The zero-order chi connectivity index (χ0) is 21.8. The fourth-order valence-corrected chi connectivity index (χ4v) is 4.23. The number of ether oxygens (including phenoxy) is 1. The fraction of sp³-hybridized carbons (Fsp3) is 0.160. The number of imidazole rings is 1. The Balaban J connectivity index is 1.82. The van der Waals surface area contributed by atoms with E-state index in [9.17, 15) is 10.1 Å². The number of nitrogens with zero attached hydrogens (tertiary/aromatic N) is 3. The maximum absolute atomic E-state index is 12.4. The molecule has 0 unspecified atom stereocenters. The molecule has 6 heteroatoms. The molecule has 0 aliphatic heterocycles. The van der Waals surface area contributed by atoms with E-state index in [-0.39, 0.29) is 5.97 Å². The fourth-order valence-electron chi connectivity index (χ4n) is 3.75. The van der Waals surface area contributed by atoms with Gasteiger partial charge in [0.2, 0.25) is 0 Å². The van der Waals surface area contributed by atoms with Gasteiger partial charge in [0.15, 0.2) is 0 Å². The first-order valence-electron chi connectivity index (χ1n) is 9.80. The molecule has 31 heavy (non-hydrogen) atoms. The molecule has 0 saturated carbocycles. The van der Waals surface area contributed by atoms with Crippen molar-refractivity contribution in [2.24, 2.45) is 0 Å². The van der Waals surface area contributed by atoms with E-state index >= 15 is 0 Å². The molecule has 0 bridgehead atoms. The van der Waals surface area contributed by atoms with Crippen molar-refractivity contribution >= 4 is 28.8 Å². The Labute approximate surface area is 185 Å². The Hall–Kier alpha value is -3.56. The van der Waals surface area contributed by atoms with Crippen LogP contribution in [0.3, 0.4) is 0 Å². The van der Waals surface area contributed by atoms with Gasteiger partial charge in [-0.05, 0) is 41.1 Å². The van der Waals surface area contributed by atoms with Crippen LogP contribution >= 0.6 is 11.8 Å². The van der Waals surface area contributed by atoms with Gasteiger partial charge in [0.25, 0.3) is 0 Å². The number of thioether (sulfide) groups is 1. The molecule has 1 heterocycles. The molecule has 0 radical (unpaired) electrons. The molecule has 0 amide bonds. The lowest BCUT2D eigenvalue weighted by Gasteiger charge is -2.13. The van der Waals surface area contributed by atoms with Crippen LogP contribution in [-0.4, -0.2) is 28.9 Å². The molecule has 0 atom stereocenters. The Bertz CT molecular complexity index is 1290. The number of hydrogen-bond acceptors (Lipinski definition) is 5. The van der Waals surface area contributed by atoms with Crippen LogP contribution in [0.1, 0.15) is 27.3 Å². The number of hydrogen-bond donors (Lipinski definition) is 0. The molecule has 0 spiro atoms. The molecule has 1 aromatic heterocycles. The van der Waals surface area contributed by atoms with Crippen molar-refractivity contribution in [3.05, 3.63) is 89.2 Å². The highest BCUT2D eigenvalue weighted by Gasteiger charge is 2.19. The predicted octanol–water partition coefficient (Wildman–Crippen LogP) is 5.27. The molecule has 4 rings (SSSR count). The molecule has 5 nitrogen and oxygen atoms in total. The van der Waals surface area contributed by atoms with Crippen molar-refractivity contribution in [3.63, 3.8) is 0 Å². The number of aromatic nitrogens is 2. The van der Waals surface area contributed by atoms with Crippen LogP contribution in [0.25, 0.3) is 22.2 Å². The van der Waals surface area contributed by atoms with E-state index in [1.165, 1.54) is 7.11 Å². The highest BCUT2D eigenvalue weighted by molar-refractivity contribution is 7.97. The van der Waals surface area contributed by atoms with Crippen LogP contribution < -0.4 is 0 Å². The SMILES string of the molecule is COC(=O)c1cccc2nc(CSC)n(Cc3ccc(-c4ccccc4)c(C#N)c3)c12. The lowest BCUT2D eigenvalue weighted by atomic mass is 9.98. The number of esters is 1. The molecule has 0 saturated heterocycles. The summed E-state index contributed by atoms with van der Waals surface area (Å²) in [5, 5.41) is 9.76. The molecular formula is C25H21N3O2S. The predicted molar refractivity (Wildman–Crippen MR) is 124 cm³/mol. The average Bonchev–Trinajstić information content (AvgIpc) is 3.16. The minimum Gasteiger partial charge on any atom is -0.465 e. The number of carbonyl (C=O) groups excluding carboxylic acids is 1. The molecule has 0 N–H and O–H groups in total. The van der Waals surface area contributed by atoms with E-state index < -0.39 is 0 Å². The quantitative estimate of drug-likeness (QED) is 0.392. The Morgan fingerprint density at radius 3 is 2.65 bits per heavy atom. The van der Waals surface area contributed by atoms with Gasteiger partial charge < -0.3 is 9.30 Å². The Morgan fingerprint density at radius 2 is 1.94 bits per heavy atom. The van der Waals surface area contributed by atoms with E-state index in [4.69, 9.17) is 9.72 Å². The highest BCUT2D eigenvalue weighted by atomic mass is 32.2. The minimum atomic E-state index is -0.389. The molecule has 3 aromatic carbocycles. The number of benzene rings is 3. The van der Waals surface area contributed by atoms with Gasteiger partial charge in [-0.25, -0.2) is 9.78 Å². The van der Waals surface area contributed by atoms with Crippen molar-refractivity contribution in [1.29, 1.82) is 5.26 Å². The summed E-state index contributed by atoms with van der Waals surface area (Å²) in [6.07, 6.45) is 2.02. The second-order valence-corrected chi connectivity index (χ2v) is 7.94. The lowest BCUT2D eigenvalue weighted by Crippen LogP contribution is -2.09. The second-order valence-electron chi connectivity index (χ2n) is 7.07. The summed E-state index contributed by atoms with van der Waals surface area (Å²) in [6, 6.07) is 23.6. The highest BCUT2D eigenvalue weighted by Crippen LogP contribution is 2.27. The number of rotatable bonds is 6. The summed E-state index contributed by atoms with van der Waals surface area (Å²) in [5.74, 6) is 1.20. The van der Waals surface area contributed by atoms with Gasteiger partial charge in [0.1, 0.15) is 5.82 Å². The van der Waals surface area contributed by atoms with Gasteiger partial charge >= 0.3 is 5.97 Å².